The van der Waals surface area contributed by atoms with Gasteiger partial charge >= 0.3 is 0 Å². The summed E-state index contributed by atoms with van der Waals surface area (Å²) in [6.45, 7) is 11.0. The summed E-state index contributed by atoms with van der Waals surface area (Å²) in [5.41, 5.74) is 19.9. The molecule has 2 rings (SSSR count). The number of anilines is 2. The van der Waals surface area contributed by atoms with E-state index in [-0.39, 0.29) is 5.41 Å². The molecule has 0 atom stereocenters. The molecule has 0 heterocycles. The van der Waals surface area contributed by atoms with Crippen LogP contribution in [0.15, 0.2) is 0 Å². The van der Waals surface area contributed by atoms with E-state index in [0.29, 0.717) is 5.92 Å². The van der Waals surface area contributed by atoms with E-state index in [1.807, 2.05) is 0 Å². The van der Waals surface area contributed by atoms with E-state index in [1.165, 1.54) is 23.1 Å². The van der Waals surface area contributed by atoms with Crippen LogP contribution in [0.25, 0.3) is 0 Å². The summed E-state index contributed by atoms with van der Waals surface area (Å²) in [5, 5.41) is 0. The summed E-state index contributed by atoms with van der Waals surface area (Å²) in [6, 6.07) is 0. The first kappa shape index (κ1) is 12.3. The Kier molecular flexibility index (Phi) is 2.64. The second kappa shape index (κ2) is 3.66. The zero-order chi connectivity index (χ0) is 13.0. The SMILES string of the molecule is Cc1c(N)c(C(C)C)c(N)c2c1CCC2(C)C. The van der Waals surface area contributed by atoms with Crippen molar-refractivity contribution >= 4 is 11.4 Å². The number of hydrogen-bond donors (Lipinski definition) is 2. The molecular weight excluding hydrogens is 208 g/mol. The molecule has 0 spiro atoms. The topological polar surface area (TPSA) is 52.0 Å². The van der Waals surface area contributed by atoms with Crippen LogP contribution >= 0.6 is 0 Å². The summed E-state index contributed by atoms with van der Waals surface area (Å²) in [6.07, 6.45) is 2.29. The molecule has 1 aliphatic carbocycles. The summed E-state index contributed by atoms with van der Waals surface area (Å²) >= 11 is 0. The van der Waals surface area contributed by atoms with Gasteiger partial charge in [0.15, 0.2) is 0 Å². The highest BCUT2D eigenvalue weighted by Gasteiger charge is 2.35. The standard InChI is InChI=1S/C15H24N2/c1-8(2)11-13(16)9(3)10-6-7-15(4,5)12(10)14(11)17/h8H,6-7,16-17H2,1-5H3. The Morgan fingerprint density at radius 3 is 2.24 bits per heavy atom. The van der Waals surface area contributed by atoms with Gasteiger partial charge in [0.05, 0.1) is 0 Å². The highest BCUT2D eigenvalue weighted by atomic mass is 14.7. The van der Waals surface area contributed by atoms with Crippen LogP contribution in [0.5, 0.6) is 0 Å². The van der Waals surface area contributed by atoms with Crippen molar-refractivity contribution in [3.8, 4) is 0 Å². The Hall–Kier alpha value is -1.18. The van der Waals surface area contributed by atoms with Gasteiger partial charge in [-0.05, 0) is 47.8 Å². The third-order valence-corrected chi connectivity index (χ3v) is 4.26. The lowest BCUT2D eigenvalue weighted by atomic mass is 9.81. The lowest BCUT2D eigenvalue weighted by Gasteiger charge is -2.26. The molecule has 17 heavy (non-hydrogen) atoms. The van der Waals surface area contributed by atoms with Crippen LogP contribution in [0, 0.1) is 6.92 Å². The van der Waals surface area contributed by atoms with Gasteiger partial charge < -0.3 is 11.5 Å². The third kappa shape index (κ3) is 1.62. The molecule has 1 aromatic carbocycles. The van der Waals surface area contributed by atoms with Crippen LogP contribution < -0.4 is 11.5 Å². The number of hydrogen-bond acceptors (Lipinski definition) is 2. The van der Waals surface area contributed by atoms with E-state index in [2.05, 4.69) is 34.6 Å². The monoisotopic (exact) mass is 232 g/mol. The van der Waals surface area contributed by atoms with Gasteiger partial charge in [0.1, 0.15) is 0 Å². The average Bonchev–Trinajstić information content (AvgIpc) is 2.51. The maximum absolute atomic E-state index is 6.40. The molecule has 0 bridgehead atoms. The van der Waals surface area contributed by atoms with Gasteiger partial charge in [-0.25, -0.2) is 0 Å². The summed E-state index contributed by atoms with van der Waals surface area (Å²) in [4.78, 5) is 0. The zero-order valence-corrected chi connectivity index (χ0v) is 11.6. The Balaban J connectivity index is 2.81. The van der Waals surface area contributed by atoms with Crippen LogP contribution in [0.2, 0.25) is 0 Å². The molecule has 0 fully saturated rings. The fourth-order valence-corrected chi connectivity index (χ4v) is 3.26. The van der Waals surface area contributed by atoms with Crippen molar-refractivity contribution in [1.82, 2.24) is 0 Å². The van der Waals surface area contributed by atoms with Crippen molar-refractivity contribution in [3.05, 3.63) is 22.3 Å². The van der Waals surface area contributed by atoms with Crippen molar-refractivity contribution in [2.45, 2.75) is 58.8 Å². The first-order valence-electron chi connectivity index (χ1n) is 6.48. The first-order valence-corrected chi connectivity index (χ1v) is 6.48. The van der Waals surface area contributed by atoms with Gasteiger partial charge in [-0.3, -0.25) is 0 Å². The molecule has 1 aliphatic rings. The number of nitrogens with two attached hydrogens (primary N) is 2. The number of fused-ring (bicyclic) bond motifs is 1. The zero-order valence-electron chi connectivity index (χ0n) is 11.6. The molecule has 1 aromatic rings. The maximum Gasteiger partial charge on any atom is 0.0410 e. The molecule has 0 amide bonds. The van der Waals surface area contributed by atoms with E-state index >= 15 is 0 Å². The molecule has 0 saturated carbocycles. The fourth-order valence-electron chi connectivity index (χ4n) is 3.26. The minimum atomic E-state index is 0.196. The normalized spacial score (nSPS) is 17.5. The van der Waals surface area contributed by atoms with Crippen LogP contribution in [0.3, 0.4) is 0 Å². The van der Waals surface area contributed by atoms with E-state index in [0.717, 1.165) is 23.4 Å². The molecule has 4 N–H and O–H groups in total. The molecule has 94 valence electrons. The maximum atomic E-state index is 6.40. The summed E-state index contributed by atoms with van der Waals surface area (Å²) < 4.78 is 0. The van der Waals surface area contributed by atoms with Gasteiger partial charge in [-0.2, -0.15) is 0 Å². The van der Waals surface area contributed by atoms with E-state index in [1.54, 1.807) is 0 Å². The molecular formula is C15H24N2. The largest absolute Gasteiger partial charge is 0.398 e. The van der Waals surface area contributed by atoms with Crippen molar-refractivity contribution in [2.24, 2.45) is 0 Å². The minimum Gasteiger partial charge on any atom is -0.398 e. The second-order valence-corrected chi connectivity index (χ2v) is 6.26. The number of benzene rings is 1. The van der Waals surface area contributed by atoms with Crippen molar-refractivity contribution < 1.29 is 0 Å². The molecule has 0 aromatic heterocycles. The van der Waals surface area contributed by atoms with Gasteiger partial charge in [0.25, 0.3) is 0 Å². The van der Waals surface area contributed by atoms with Gasteiger partial charge in [0, 0.05) is 16.9 Å². The predicted octanol–water partition coefficient (Wildman–Crippen LogP) is 3.51. The van der Waals surface area contributed by atoms with Crippen molar-refractivity contribution in [2.75, 3.05) is 11.5 Å². The van der Waals surface area contributed by atoms with E-state index < -0.39 is 0 Å². The molecule has 0 unspecified atom stereocenters. The molecule has 0 radical (unpaired) electrons. The van der Waals surface area contributed by atoms with E-state index in [9.17, 15) is 0 Å². The van der Waals surface area contributed by atoms with Crippen molar-refractivity contribution in [3.63, 3.8) is 0 Å². The molecule has 2 heteroatoms. The number of nitrogen functional groups attached to an aromatic ring is 2. The fraction of sp³-hybridized carbons (Fsp3) is 0.600. The Labute approximate surface area is 104 Å². The van der Waals surface area contributed by atoms with Crippen LogP contribution in [0.1, 0.15) is 62.3 Å². The van der Waals surface area contributed by atoms with Crippen LogP contribution in [-0.4, -0.2) is 0 Å². The predicted molar refractivity (Wildman–Crippen MR) is 75.4 cm³/mol. The van der Waals surface area contributed by atoms with Crippen LogP contribution in [-0.2, 0) is 11.8 Å². The first-order chi connectivity index (χ1) is 7.77. The van der Waals surface area contributed by atoms with E-state index in [4.69, 9.17) is 11.5 Å². The van der Waals surface area contributed by atoms with Gasteiger partial charge in [-0.1, -0.05) is 27.7 Å². The number of rotatable bonds is 1. The highest BCUT2D eigenvalue weighted by Crippen LogP contribution is 2.48. The second-order valence-electron chi connectivity index (χ2n) is 6.26. The Bertz CT molecular complexity index is 471. The third-order valence-electron chi connectivity index (χ3n) is 4.26. The average molecular weight is 232 g/mol. The van der Waals surface area contributed by atoms with Crippen LogP contribution in [0.4, 0.5) is 11.4 Å². The lowest BCUT2D eigenvalue weighted by Crippen LogP contribution is -2.17. The minimum absolute atomic E-state index is 0.196. The quantitative estimate of drug-likeness (QED) is 0.728. The molecule has 0 aliphatic heterocycles. The van der Waals surface area contributed by atoms with Gasteiger partial charge in [0.2, 0.25) is 0 Å². The molecule has 2 nitrogen and oxygen atoms in total. The van der Waals surface area contributed by atoms with Gasteiger partial charge in [-0.15, -0.1) is 0 Å². The summed E-state index contributed by atoms with van der Waals surface area (Å²) in [5.74, 6) is 0.385. The lowest BCUT2D eigenvalue weighted by molar-refractivity contribution is 0.523. The smallest absolute Gasteiger partial charge is 0.0410 e. The highest BCUT2D eigenvalue weighted by molar-refractivity contribution is 5.75. The Morgan fingerprint density at radius 1 is 1.12 bits per heavy atom. The Morgan fingerprint density at radius 2 is 1.71 bits per heavy atom. The summed E-state index contributed by atoms with van der Waals surface area (Å²) in [7, 11) is 0. The molecule has 0 saturated heterocycles. The van der Waals surface area contributed by atoms with Crippen molar-refractivity contribution in [1.29, 1.82) is 0 Å².